The van der Waals surface area contributed by atoms with Crippen molar-refractivity contribution in [2.75, 3.05) is 5.01 Å². The maximum absolute atomic E-state index is 14.7. The Labute approximate surface area is 171 Å². The van der Waals surface area contributed by atoms with Crippen molar-refractivity contribution in [3.8, 4) is 0 Å². The Kier molecular flexibility index (Phi) is 4.57. The van der Waals surface area contributed by atoms with Crippen molar-refractivity contribution in [1.29, 1.82) is 0 Å². The number of carbonyl (C=O) groups excluding carboxylic acids is 1. The van der Waals surface area contributed by atoms with Crippen molar-refractivity contribution in [3.63, 3.8) is 0 Å². The first-order chi connectivity index (χ1) is 13.6. The van der Waals surface area contributed by atoms with Gasteiger partial charge >= 0.3 is 0 Å². The molecular formula is C23H31F2N3O. The van der Waals surface area contributed by atoms with Gasteiger partial charge in [0.05, 0.1) is 5.69 Å². The maximum Gasteiger partial charge on any atom is 0.244 e. The molecule has 3 unspecified atom stereocenters. The van der Waals surface area contributed by atoms with E-state index in [0.29, 0.717) is 0 Å². The topological polar surface area (TPSA) is 58.4 Å². The van der Waals surface area contributed by atoms with Crippen LogP contribution in [-0.2, 0) is 4.79 Å². The summed E-state index contributed by atoms with van der Waals surface area (Å²) < 4.78 is 28.3. The standard InChI is InChI=1S/C23H31F2N3O/c1-5-6-7-11-22-12-10-14(2)18-19(22)23(20(26)29,21(22,3)4)27-28(18)17-9-8-15(24)13-16(17)25/h8-9,13-14,27H,5-7,10-12H2,1-4H3,(H2,26,29). The number of benzene rings is 1. The number of nitrogens with zero attached hydrogens (tertiary/aromatic N) is 1. The quantitative estimate of drug-likeness (QED) is 0.671. The van der Waals surface area contributed by atoms with Crippen molar-refractivity contribution >= 4 is 11.6 Å². The van der Waals surface area contributed by atoms with Crippen LogP contribution in [0.15, 0.2) is 29.5 Å². The van der Waals surface area contributed by atoms with Crippen LogP contribution in [0.5, 0.6) is 0 Å². The van der Waals surface area contributed by atoms with Gasteiger partial charge in [-0.3, -0.25) is 9.80 Å². The largest absolute Gasteiger partial charge is 0.368 e. The van der Waals surface area contributed by atoms with E-state index in [0.717, 1.165) is 55.9 Å². The number of hydrogen-bond donors (Lipinski definition) is 2. The average molecular weight is 404 g/mol. The van der Waals surface area contributed by atoms with Gasteiger partial charge in [0.2, 0.25) is 5.91 Å². The van der Waals surface area contributed by atoms with Crippen LogP contribution < -0.4 is 16.2 Å². The summed E-state index contributed by atoms with van der Waals surface area (Å²) in [5.41, 5.74) is 9.95. The molecule has 0 radical (unpaired) electrons. The van der Waals surface area contributed by atoms with E-state index in [-0.39, 0.29) is 17.0 Å². The summed E-state index contributed by atoms with van der Waals surface area (Å²) in [6.07, 6.45) is 6.32. The number of unbranched alkanes of at least 4 members (excludes halogenated alkanes) is 2. The highest BCUT2D eigenvalue weighted by Gasteiger charge is 2.79. The van der Waals surface area contributed by atoms with Crippen molar-refractivity contribution in [3.05, 3.63) is 41.1 Å². The van der Waals surface area contributed by atoms with Gasteiger partial charge in [0.25, 0.3) is 0 Å². The van der Waals surface area contributed by atoms with E-state index in [1.807, 2.05) is 0 Å². The molecule has 1 amide bonds. The second kappa shape index (κ2) is 6.53. The van der Waals surface area contributed by atoms with Crippen LogP contribution in [0.2, 0.25) is 0 Å². The van der Waals surface area contributed by atoms with Gasteiger partial charge in [-0.05, 0) is 42.9 Å². The SMILES string of the molecule is CCCCCC12CCC(C)C3=C1C(C(N)=O)(NN3c1ccc(F)cc1F)C2(C)C. The Bertz CT molecular complexity index is 896. The highest BCUT2D eigenvalue weighted by atomic mass is 19.1. The predicted octanol–water partition coefficient (Wildman–Crippen LogP) is 4.80. The lowest BCUT2D eigenvalue weighted by Gasteiger charge is -2.69. The Morgan fingerprint density at radius 2 is 2.03 bits per heavy atom. The average Bonchev–Trinajstić information content (AvgIpc) is 3.01. The van der Waals surface area contributed by atoms with Gasteiger partial charge in [-0.15, -0.1) is 0 Å². The molecule has 3 N–H and O–H groups in total. The van der Waals surface area contributed by atoms with E-state index in [9.17, 15) is 13.6 Å². The molecular weight excluding hydrogens is 372 g/mol. The number of halogens is 2. The molecule has 158 valence electrons. The number of hydrogen-bond acceptors (Lipinski definition) is 3. The molecule has 0 aromatic heterocycles. The number of allylic oxidation sites excluding steroid dienone is 1. The number of hydrazine groups is 1. The molecule has 1 aromatic rings. The zero-order valence-electron chi connectivity index (χ0n) is 17.7. The van der Waals surface area contributed by atoms with E-state index < -0.39 is 28.5 Å². The summed E-state index contributed by atoms with van der Waals surface area (Å²) in [4.78, 5) is 12.9. The smallest absolute Gasteiger partial charge is 0.244 e. The third-order valence-electron chi connectivity index (χ3n) is 7.96. The van der Waals surface area contributed by atoms with Crippen LogP contribution >= 0.6 is 0 Å². The molecule has 1 saturated carbocycles. The van der Waals surface area contributed by atoms with Crippen LogP contribution in [0, 0.1) is 28.4 Å². The summed E-state index contributed by atoms with van der Waals surface area (Å²) in [7, 11) is 0. The minimum atomic E-state index is -1.04. The zero-order chi connectivity index (χ0) is 21.2. The predicted molar refractivity (Wildman–Crippen MR) is 110 cm³/mol. The summed E-state index contributed by atoms with van der Waals surface area (Å²) in [6, 6.07) is 3.56. The first-order valence-electron chi connectivity index (χ1n) is 10.7. The van der Waals surface area contributed by atoms with Crippen molar-refractivity contribution in [2.45, 2.75) is 71.8 Å². The van der Waals surface area contributed by atoms with Crippen LogP contribution in [-0.4, -0.2) is 11.4 Å². The molecule has 29 heavy (non-hydrogen) atoms. The van der Waals surface area contributed by atoms with Crippen LogP contribution in [0.4, 0.5) is 14.5 Å². The van der Waals surface area contributed by atoms with E-state index in [4.69, 9.17) is 5.73 Å². The Hall–Kier alpha value is -1.95. The van der Waals surface area contributed by atoms with E-state index in [2.05, 4.69) is 33.1 Å². The molecule has 1 aliphatic heterocycles. The molecule has 0 bridgehead atoms. The Morgan fingerprint density at radius 1 is 1.31 bits per heavy atom. The lowest BCUT2D eigenvalue weighted by molar-refractivity contribution is -0.148. The second-order valence-electron chi connectivity index (χ2n) is 9.52. The van der Waals surface area contributed by atoms with Crippen LogP contribution in [0.25, 0.3) is 0 Å². The van der Waals surface area contributed by atoms with E-state index >= 15 is 0 Å². The molecule has 0 spiro atoms. The molecule has 1 fully saturated rings. The first-order valence-corrected chi connectivity index (χ1v) is 10.7. The molecule has 3 atom stereocenters. The van der Waals surface area contributed by atoms with Crippen LogP contribution in [0.3, 0.4) is 0 Å². The summed E-state index contributed by atoms with van der Waals surface area (Å²) in [5.74, 6) is -1.56. The third kappa shape index (κ3) is 2.35. The molecule has 4 rings (SSSR count). The highest BCUT2D eigenvalue weighted by molar-refractivity contribution is 5.96. The Morgan fingerprint density at radius 3 is 2.66 bits per heavy atom. The normalized spacial score (nSPS) is 32.2. The minimum absolute atomic E-state index is 0.128. The van der Waals surface area contributed by atoms with E-state index in [1.54, 1.807) is 5.01 Å². The molecule has 3 aliphatic rings. The zero-order valence-corrected chi connectivity index (χ0v) is 17.7. The monoisotopic (exact) mass is 403 g/mol. The third-order valence-corrected chi connectivity index (χ3v) is 7.96. The van der Waals surface area contributed by atoms with Crippen molar-refractivity contribution in [2.24, 2.45) is 22.5 Å². The Balaban J connectivity index is 1.90. The molecule has 4 nitrogen and oxygen atoms in total. The summed E-state index contributed by atoms with van der Waals surface area (Å²) >= 11 is 0. The van der Waals surface area contributed by atoms with Gasteiger partial charge < -0.3 is 5.73 Å². The number of nitrogens with two attached hydrogens (primary N) is 1. The lowest BCUT2D eigenvalue weighted by Crippen LogP contribution is -2.79. The lowest BCUT2D eigenvalue weighted by atomic mass is 9.34. The van der Waals surface area contributed by atoms with Gasteiger partial charge in [0.15, 0.2) is 5.82 Å². The second-order valence-corrected chi connectivity index (χ2v) is 9.52. The van der Waals surface area contributed by atoms with Crippen molar-refractivity contribution in [1.82, 2.24) is 5.43 Å². The number of nitrogens with one attached hydrogen (secondary N) is 1. The van der Waals surface area contributed by atoms with Gasteiger partial charge in [-0.25, -0.2) is 14.2 Å². The van der Waals surface area contributed by atoms with Crippen molar-refractivity contribution < 1.29 is 13.6 Å². The maximum atomic E-state index is 14.7. The number of rotatable bonds is 6. The van der Waals surface area contributed by atoms with Gasteiger partial charge in [-0.1, -0.05) is 47.0 Å². The molecule has 1 aromatic carbocycles. The van der Waals surface area contributed by atoms with E-state index in [1.165, 1.54) is 12.1 Å². The number of anilines is 1. The fourth-order valence-corrected chi connectivity index (χ4v) is 6.34. The molecule has 0 saturated heterocycles. The van der Waals surface area contributed by atoms with Gasteiger partial charge in [-0.2, -0.15) is 0 Å². The molecule has 2 aliphatic carbocycles. The molecule has 1 heterocycles. The van der Waals surface area contributed by atoms with Crippen LogP contribution in [0.1, 0.15) is 66.2 Å². The number of primary amides is 1. The highest BCUT2D eigenvalue weighted by Crippen LogP contribution is 2.75. The fraction of sp³-hybridized carbons (Fsp3) is 0.609. The number of amides is 1. The molecule has 6 heteroatoms. The fourth-order valence-electron chi connectivity index (χ4n) is 6.34. The minimum Gasteiger partial charge on any atom is -0.368 e. The summed E-state index contributed by atoms with van der Waals surface area (Å²) in [6.45, 7) is 8.51. The van der Waals surface area contributed by atoms with Gasteiger partial charge in [0, 0.05) is 22.6 Å². The van der Waals surface area contributed by atoms with Gasteiger partial charge in [0.1, 0.15) is 11.4 Å². The summed E-state index contributed by atoms with van der Waals surface area (Å²) in [5, 5.41) is 1.68. The first kappa shape index (κ1) is 20.3. The number of carbonyl (C=O) groups is 1.